The zero-order valence-electron chi connectivity index (χ0n) is 14.5. The predicted molar refractivity (Wildman–Crippen MR) is 93.3 cm³/mol. The van der Waals surface area contributed by atoms with Gasteiger partial charge in [0.25, 0.3) is 0 Å². The Bertz CT molecular complexity index is 705. The normalized spacial score (nSPS) is 35.9. The maximum absolute atomic E-state index is 11.2. The third-order valence-corrected chi connectivity index (χ3v) is 7.08. The molecule has 0 spiro atoms. The van der Waals surface area contributed by atoms with Crippen molar-refractivity contribution >= 4 is 5.97 Å². The van der Waals surface area contributed by atoms with Crippen LogP contribution in [0.15, 0.2) is 29.8 Å². The number of carbonyl (C=O) groups is 1. The van der Waals surface area contributed by atoms with Gasteiger partial charge >= 0.3 is 5.97 Å². The summed E-state index contributed by atoms with van der Waals surface area (Å²) >= 11 is 0. The number of ether oxygens (including phenoxy) is 1. The highest BCUT2D eigenvalue weighted by molar-refractivity contribution is 5.81. The van der Waals surface area contributed by atoms with Crippen LogP contribution in [0.5, 0.6) is 5.75 Å². The van der Waals surface area contributed by atoms with Gasteiger partial charge in [-0.15, -0.1) is 0 Å². The lowest BCUT2D eigenvalue weighted by Crippen LogP contribution is -2.40. The molecule has 3 heteroatoms. The summed E-state index contributed by atoms with van der Waals surface area (Å²) in [4.78, 5) is 11.2. The average Bonchev–Trinajstić information content (AvgIpc) is 2.90. The minimum absolute atomic E-state index is 0.101. The Labute approximate surface area is 143 Å². The number of aryl methyl sites for hydroxylation is 1. The molecule has 1 N–H and O–H groups in total. The van der Waals surface area contributed by atoms with Gasteiger partial charge in [0.1, 0.15) is 5.75 Å². The van der Waals surface area contributed by atoms with Gasteiger partial charge in [-0.05, 0) is 85.0 Å². The quantitative estimate of drug-likeness (QED) is 0.810. The SMILES string of the molecule is COc1ccc2c(c1)CC[C@@H]1[C@@H]2CC[C@]2(C)C(=CC(=O)O)CC[C@@H]12. The van der Waals surface area contributed by atoms with Crippen LogP contribution in [-0.2, 0) is 11.2 Å². The third kappa shape index (κ3) is 2.28. The zero-order chi connectivity index (χ0) is 16.9. The lowest BCUT2D eigenvalue weighted by atomic mass is 9.55. The summed E-state index contributed by atoms with van der Waals surface area (Å²) in [5.41, 5.74) is 4.26. The first-order chi connectivity index (χ1) is 11.5. The Morgan fingerprint density at radius 2 is 2.12 bits per heavy atom. The number of hydrogen-bond donors (Lipinski definition) is 1. The van der Waals surface area contributed by atoms with Gasteiger partial charge in [0.15, 0.2) is 0 Å². The molecule has 0 aliphatic heterocycles. The van der Waals surface area contributed by atoms with Crippen LogP contribution in [0.25, 0.3) is 0 Å². The monoisotopic (exact) mass is 326 g/mol. The van der Waals surface area contributed by atoms with Gasteiger partial charge in [-0.1, -0.05) is 18.6 Å². The van der Waals surface area contributed by atoms with Gasteiger partial charge in [-0.25, -0.2) is 4.79 Å². The molecule has 0 amide bonds. The fourth-order valence-electron chi connectivity index (χ4n) is 5.92. The van der Waals surface area contributed by atoms with Crippen LogP contribution >= 0.6 is 0 Å². The van der Waals surface area contributed by atoms with Crippen molar-refractivity contribution in [3.63, 3.8) is 0 Å². The summed E-state index contributed by atoms with van der Waals surface area (Å²) < 4.78 is 5.39. The third-order valence-electron chi connectivity index (χ3n) is 7.08. The molecular formula is C21H26O3. The molecule has 3 aliphatic rings. The molecule has 0 saturated heterocycles. The molecule has 4 rings (SSSR count). The second-order valence-corrected chi connectivity index (χ2v) is 7.98. The molecule has 0 bridgehead atoms. The molecule has 3 nitrogen and oxygen atoms in total. The van der Waals surface area contributed by atoms with Crippen molar-refractivity contribution in [3.8, 4) is 5.75 Å². The van der Waals surface area contributed by atoms with Crippen molar-refractivity contribution in [2.45, 2.75) is 51.4 Å². The molecule has 0 heterocycles. The second-order valence-electron chi connectivity index (χ2n) is 7.98. The van der Waals surface area contributed by atoms with E-state index in [9.17, 15) is 9.90 Å². The standard InChI is InChI=1S/C21H26O3/c1-21-10-9-17-16-7-5-15(24-2)11-13(16)3-6-18(17)19(21)8-4-14(21)12-20(22)23/h5,7,11-12,17-19H,3-4,6,8-10H2,1-2H3,(H,22,23)/t17-,18-,19+,21-/m1/s1. The van der Waals surface area contributed by atoms with E-state index in [0.29, 0.717) is 17.8 Å². The van der Waals surface area contributed by atoms with E-state index in [1.807, 2.05) is 0 Å². The average molecular weight is 326 g/mol. The van der Waals surface area contributed by atoms with E-state index in [1.165, 1.54) is 35.6 Å². The van der Waals surface area contributed by atoms with Crippen molar-refractivity contribution in [2.75, 3.05) is 7.11 Å². The van der Waals surface area contributed by atoms with E-state index in [4.69, 9.17) is 4.74 Å². The van der Waals surface area contributed by atoms with E-state index in [2.05, 4.69) is 25.1 Å². The minimum atomic E-state index is -0.782. The van der Waals surface area contributed by atoms with Gasteiger partial charge in [-0.2, -0.15) is 0 Å². The molecular weight excluding hydrogens is 300 g/mol. The summed E-state index contributed by atoms with van der Waals surface area (Å²) in [7, 11) is 1.73. The number of carboxylic acid groups (broad SMARTS) is 1. The summed E-state index contributed by atoms with van der Waals surface area (Å²) in [5, 5.41) is 9.20. The molecule has 4 atom stereocenters. The lowest BCUT2D eigenvalue weighted by molar-refractivity contribution is -0.131. The van der Waals surface area contributed by atoms with E-state index in [-0.39, 0.29) is 5.41 Å². The predicted octanol–water partition coefficient (Wildman–Crippen LogP) is 4.56. The maximum Gasteiger partial charge on any atom is 0.328 e. The molecule has 2 fully saturated rings. The molecule has 24 heavy (non-hydrogen) atoms. The van der Waals surface area contributed by atoms with Crippen LogP contribution in [0, 0.1) is 17.3 Å². The first kappa shape index (κ1) is 15.7. The van der Waals surface area contributed by atoms with E-state index >= 15 is 0 Å². The second kappa shape index (κ2) is 5.65. The topological polar surface area (TPSA) is 46.5 Å². The number of rotatable bonds is 2. The van der Waals surface area contributed by atoms with Crippen LogP contribution in [0.3, 0.4) is 0 Å². The van der Waals surface area contributed by atoms with Crippen molar-refractivity contribution in [2.24, 2.45) is 17.3 Å². The number of allylic oxidation sites excluding steroid dienone is 1. The van der Waals surface area contributed by atoms with Crippen LogP contribution in [0.4, 0.5) is 0 Å². The summed E-state index contributed by atoms with van der Waals surface area (Å²) in [6.45, 7) is 2.32. The van der Waals surface area contributed by atoms with Crippen molar-refractivity contribution in [1.29, 1.82) is 0 Å². The number of hydrogen-bond acceptors (Lipinski definition) is 2. The van der Waals surface area contributed by atoms with Crippen LogP contribution in [0.1, 0.15) is 56.1 Å². The Balaban J connectivity index is 1.66. The fourth-order valence-corrected chi connectivity index (χ4v) is 5.92. The van der Waals surface area contributed by atoms with Crippen molar-refractivity contribution in [1.82, 2.24) is 0 Å². The highest BCUT2D eigenvalue weighted by atomic mass is 16.5. The molecule has 1 aromatic rings. The van der Waals surface area contributed by atoms with E-state index in [1.54, 1.807) is 7.11 Å². The van der Waals surface area contributed by atoms with Gasteiger partial charge in [-0.3, -0.25) is 0 Å². The Morgan fingerprint density at radius 3 is 2.88 bits per heavy atom. The number of methoxy groups -OCH3 is 1. The Kier molecular flexibility index (Phi) is 3.70. The largest absolute Gasteiger partial charge is 0.497 e. The van der Waals surface area contributed by atoms with Gasteiger partial charge in [0.2, 0.25) is 0 Å². The number of fused-ring (bicyclic) bond motifs is 5. The molecule has 0 radical (unpaired) electrons. The van der Waals surface area contributed by atoms with Crippen LogP contribution in [0.2, 0.25) is 0 Å². The first-order valence-corrected chi connectivity index (χ1v) is 9.13. The Morgan fingerprint density at radius 1 is 1.29 bits per heavy atom. The van der Waals surface area contributed by atoms with Crippen molar-refractivity contribution in [3.05, 3.63) is 41.0 Å². The lowest BCUT2D eigenvalue weighted by Gasteiger charge is -2.49. The van der Waals surface area contributed by atoms with Crippen molar-refractivity contribution < 1.29 is 14.6 Å². The van der Waals surface area contributed by atoms with Crippen LogP contribution in [-0.4, -0.2) is 18.2 Å². The molecule has 3 aliphatic carbocycles. The van der Waals surface area contributed by atoms with Gasteiger partial charge in [0, 0.05) is 6.08 Å². The highest BCUT2D eigenvalue weighted by Crippen LogP contribution is 2.62. The first-order valence-electron chi connectivity index (χ1n) is 9.13. The summed E-state index contributed by atoms with van der Waals surface area (Å²) in [6.07, 6.45) is 8.26. The van der Waals surface area contributed by atoms with E-state index in [0.717, 1.165) is 31.4 Å². The highest BCUT2D eigenvalue weighted by Gasteiger charge is 2.52. The van der Waals surface area contributed by atoms with E-state index < -0.39 is 5.97 Å². The van der Waals surface area contributed by atoms with Gasteiger partial charge in [0.05, 0.1) is 7.11 Å². The molecule has 128 valence electrons. The summed E-state index contributed by atoms with van der Waals surface area (Å²) in [5.74, 6) is 2.15. The fraction of sp³-hybridized carbons (Fsp3) is 0.571. The number of aliphatic carboxylic acids is 1. The van der Waals surface area contributed by atoms with Gasteiger partial charge < -0.3 is 9.84 Å². The molecule has 0 aromatic heterocycles. The molecule has 1 aromatic carbocycles. The molecule has 2 saturated carbocycles. The zero-order valence-corrected chi connectivity index (χ0v) is 14.5. The number of benzene rings is 1. The summed E-state index contributed by atoms with van der Waals surface area (Å²) in [6, 6.07) is 6.58. The number of carboxylic acids is 1. The Hall–Kier alpha value is -1.77. The molecule has 0 unspecified atom stereocenters. The maximum atomic E-state index is 11.2. The van der Waals surface area contributed by atoms with Crippen LogP contribution < -0.4 is 4.74 Å². The smallest absolute Gasteiger partial charge is 0.328 e. The minimum Gasteiger partial charge on any atom is -0.497 e.